The summed E-state index contributed by atoms with van der Waals surface area (Å²) in [4.78, 5) is 26.6. The Hall–Kier alpha value is -2.47. The van der Waals surface area contributed by atoms with Crippen LogP contribution in [0.1, 0.15) is 77.6 Å². The van der Waals surface area contributed by atoms with Crippen molar-refractivity contribution in [1.29, 1.82) is 0 Å². The van der Waals surface area contributed by atoms with Gasteiger partial charge in [0.2, 0.25) is 5.78 Å². The van der Waals surface area contributed by atoms with E-state index in [2.05, 4.69) is 5.32 Å². The van der Waals surface area contributed by atoms with Crippen LogP contribution in [0.15, 0.2) is 30.3 Å². The van der Waals surface area contributed by atoms with Crippen molar-refractivity contribution in [1.82, 2.24) is 9.88 Å². The third-order valence-corrected chi connectivity index (χ3v) is 7.90. The van der Waals surface area contributed by atoms with E-state index in [9.17, 15) is 19.1 Å². The van der Waals surface area contributed by atoms with Crippen molar-refractivity contribution in [3.8, 4) is 0 Å². The van der Waals surface area contributed by atoms with Gasteiger partial charge in [-0.3, -0.25) is 9.59 Å². The van der Waals surface area contributed by atoms with Gasteiger partial charge >= 0.3 is 0 Å². The van der Waals surface area contributed by atoms with Crippen molar-refractivity contribution in [2.24, 2.45) is 24.8 Å². The number of benzene rings is 1. The van der Waals surface area contributed by atoms with Gasteiger partial charge < -0.3 is 15.0 Å². The van der Waals surface area contributed by atoms with Crippen molar-refractivity contribution >= 4 is 11.7 Å². The first-order chi connectivity index (χ1) is 15.3. The lowest BCUT2D eigenvalue weighted by Gasteiger charge is -2.58. The Morgan fingerprint density at radius 1 is 1.19 bits per heavy atom. The second kappa shape index (κ2) is 7.84. The maximum atomic E-state index is 13.7. The number of nitrogens with one attached hydrogen (secondary N) is 1. The van der Waals surface area contributed by atoms with Gasteiger partial charge in [0, 0.05) is 18.7 Å². The average molecular weight is 439 g/mol. The molecule has 1 aromatic carbocycles. The number of aliphatic hydroxyl groups is 1. The molecule has 170 valence electrons. The Kier molecular flexibility index (Phi) is 5.24. The van der Waals surface area contributed by atoms with Gasteiger partial charge in [-0.1, -0.05) is 25.5 Å². The topological polar surface area (TPSA) is 71.3 Å². The first-order valence-corrected chi connectivity index (χ1v) is 11.8. The molecule has 4 aliphatic carbocycles. The minimum absolute atomic E-state index is 0.0751. The van der Waals surface area contributed by atoms with E-state index in [4.69, 9.17) is 0 Å². The summed E-state index contributed by atoms with van der Waals surface area (Å²) in [7, 11) is 1.74. The highest BCUT2D eigenvalue weighted by atomic mass is 19.1. The van der Waals surface area contributed by atoms with Crippen LogP contribution in [-0.2, 0) is 13.5 Å². The van der Waals surface area contributed by atoms with Crippen LogP contribution >= 0.6 is 0 Å². The van der Waals surface area contributed by atoms with Gasteiger partial charge in [0.25, 0.3) is 5.91 Å². The maximum Gasteiger partial charge on any atom is 0.268 e. The molecule has 2 unspecified atom stereocenters. The number of nitrogens with zero attached hydrogens (tertiary/aromatic N) is 1. The van der Waals surface area contributed by atoms with Gasteiger partial charge in [0.05, 0.1) is 11.3 Å². The van der Waals surface area contributed by atoms with E-state index in [0.717, 1.165) is 44.1 Å². The maximum absolute atomic E-state index is 13.7. The van der Waals surface area contributed by atoms with Crippen LogP contribution in [0.5, 0.6) is 0 Å². The third-order valence-electron chi connectivity index (χ3n) is 7.90. The molecular formula is C26H31FN2O3. The predicted octanol–water partition coefficient (Wildman–Crippen LogP) is 4.02. The molecule has 4 aliphatic rings. The minimum atomic E-state index is -0.541. The summed E-state index contributed by atoms with van der Waals surface area (Å²) in [6.45, 7) is 2.04. The number of carbonyl (C=O) groups is 2. The molecule has 4 fully saturated rings. The molecule has 0 radical (unpaired) electrons. The van der Waals surface area contributed by atoms with Crippen LogP contribution < -0.4 is 5.32 Å². The summed E-state index contributed by atoms with van der Waals surface area (Å²) in [6.07, 6.45) is 6.12. The van der Waals surface area contributed by atoms with Crippen molar-refractivity contribution in [3.05, 3.63) is 58.7 Å². The third kappa shape index (κ3) is 3.58. The molecule has 6 heteroatoms. The van der Waals surface area contributed by atoms with Crippen LogP contribution in [0.4, 0.5) is 4.39 Å². The lowest BCUT2D eigenvalue weighted by Crippen LogP contribution is -2.61. The number of carbonyl (C=O) groups excluding carboxylic acids is 2. The molecule has 2 aromatic rings. The largest absolute Gasteiger partial charge is 0.390 e. The normalized spacial score (nSPS) is 30.5. The van der Waals surface area contributed by atoms with E-state index in [0.29, 0.717) is 35.6 Å². The van der Waals surface area contributed by atoms with Crippen molar-refractivity contribution in [3.63, 3.8) is 0 Å². The van der Waals surface area contributed by atoms with Crippen LogP contribution in [0, 0.1) is 23.6 Å². The fraction of sp³-hybridized carbons (Fsp3) is 0.538. The zero-order valence-electron chi connectivity index (χ0n) is 18.7. The Morgan fingerprint density at radius 3 is 2.53 bits per heavy atom. The average Bonchev–Trinajstić information content (AvgIpc) is 3.05. The van der Waals surface area contributed by atoms with Gasteiger partial charge in [-0.2, -0.15) is 0 Å². The molecule has 6 rings (SSSR count). The van der Waals surface area contributed by atoms with E-state index in [1.807, 2.05) is 6.92 Å². The second-order valence-corrected chi connectivity index (χ2v) is 10.2. The molecule has 2 atom stereocenters. The Labute approximate surface area is 188 Å². The number of rotatable bonds is 6. The molecule has 0 aliphatic heterocycles. The lowest BCUT2D eigenvalue weighted by molar-refractivity contribution is -0.137. The fourth-order valence-electron chi connectivity index (χ4n) is 6.86. The summed E-state index contributed by atoms with van der Waals surface area (Å²) in [5.74, 6) is 0.308. The summed E-state index contributed by atoms with van der Waals surface area (Å²) < 4.78 is 15.3. The Morgan fingerprint density at radius 2 is 1.91 bits per heavy atom. The van der Waals surface area contributed by atoms with Crippen LogP contribution in [0.25, 0.3) is 0 Å². The van der Waals surface area contributed by atoms with Crippen molar-refractivity contribution < 1.29 is 19.1 Å². The quantitative estimate of drug-likeness (QED) is 0.670. The number of halogens is 1. The molecule has 4 bridgehead atoms. The lowest BCUT2D eigenvalue weighted by atomic mass is 9.52. The Bertz CT molecular complexity index is 1060. The molecule has 5 nitrogen and oxygen atoms in total. The number of ketones is 1. The second-order valence-electron chi connectivity index (χ2n) is 10.2. The standard InChI is InChI=1S/C26H31FN2O3/c1-3-5-16-11-21(24(30)17-6-4-7-20(27)10-17)29(2)23(16)25(31)28-22-18-8-15-9-19(22)14-26(32,12-15)13-18/h4,6-7,10-11,15,18-19,22,32H,3,5,8-9,12-14H2,1-2H3,(H,28,31). The highest BCUT2D eigenvalue weighted by Crippen LogP contribution is 2.55. The zero-order chi connectivity index (χ0) is 22.6. The molecule has 4 saturated carbocycles. The van der Waals surface area contributed by atoms with Gasteiger partial charge in [-0.15, -0.1) is 0 Å². The fourth-order valence-corrected chi connectivity index (χ4v) is 6.86. The monoisotopic (exact) mass is 438 g/mol. The molecule has 0 saturated heterocycles. The van der Waals surface area contributed by atoms with Crippen LogP contribution in [-0.4, -0.2) is 33.0 Å². The number of hydrogen-bond acceptors (Lipinski definition) is 3. The SMILES string of the molecule is CCCc1cc(C(=O)c2cccc(F)c2)n(C)c1C(=O)NC1C2CC3CC1CC(O)(C3)C2. The molecule has 0 spiro atoms. The van der Waals surface area contributed by atoms with Gasteiger partial charge in [-0.05, 0) is 80.0 Å². The summed E-state index contributed by atoms with van der Waals surface area (Å²) in [5.41, 5.74) is 1.48. The summed E-state index contributed by atoms with van der Waals surface area (Å²) >= 11 is 0. The molecular weight excluding hydrogens is 407 g/mol. The number of aryl methyl sites for hydroxylation is 1. The van der Waals surface area contributed by atoms with Gasteiger partial charge in [0.1, 0.15) is 11.5 Å². The van der Waals surface area contributed by atoms with E-state index in [1.54, 1.807) is 23.7 Å². The molecule has 1 aromatic heterocycles. The Balaban J connectivity index is 1.43. The van der Waals surface area contributed by atoms with Crippen LogP contribution in [0.2, 0.25) is 0 Å². The highest BCUT2D eigenvalue weighted by Gasteiger charge is 2.55. The first-order valence-electron chi connectivity index (χ1n) is 11.8. The highest BCUT2D eigenvalue weighted by molar-refractivity contribution is 6.09. The number of aromatic nitrogens is 1. The molecule has 1 heterocycles. The molecule has 32 heavy (non-hydrogen) atoms. The number of hydrogen-bond donors (Lipinski definition) is 2. The van der Waals surface area contributed by atoms with E-state index >= 15 is 0 Å². The van der Waals surface area contributed by atoms with E-state index in [1.165, 1.54) is 18.2 Å². The minimum Gasteiger partial charge on any atom is -0.390 e. The van der Waals surface area contributed by atoms with Gasteiger partial charge in [-0.25, -0.2) is 4.39 Å². The van der Waals surface area contributed by atoms with E-state index in [-0.39, 0.29) is 23.3 Å². The molecule has 2 N–H and O–H groups in total. The van der Waals surface area contributed by atoms with Crippen molar-refractivity contribution in [2.75, 3.05) is 0 Å². The first kappa shape index (κ1) is 21.4. The van der Waals surface area contributed by atoms with E-state index < -0.39 is 11.4 Å². The van der Waals surface area contributed by atoms with Crippen LogP contribution in [0.3, 0.4) is 0 Å². The van der Waals surface area contributed by atoms with Crippen molar-refractivity contribution in [2.45, 2.75) is 63.5 Å². The molecule has 1 amide bonds. The summed E-state index contributed by atoms with van der Waals surface area (Å²) in [5, 5.41) is 14.1. The predicted molar refractivity (Wildman–Crippen MR) is 119 cm³/mol. The zero-order valence-corrected chi connectivity index (χ0v) is 18.7. The smallest absolute Gasteiger partial charge is 0.268 e. The van der Waals surface area contributed by atoms with Gasteiger partial charge in [0.15, 0.2) is 0 Å². The summed E-state index contributed by atoms with van der Waals surface area (Å²) in [6, 6.07) is 7.51. The number of amides is 1.